The minimum absolute atomic E-state index is 0.197. The lowest BCUT2D eigenvalue weighted by Crippen LogP contribution is -2.40. The van der Waals surface area contributed by atoms with E-state index >= 15 is 0 Å². The number of nitrogens with one attached hydrogen (secondary N) is 1. The Morgan fingerprint density at radius 3 is 2.61 bits per heavy atom. The van der Waals surface area contributed by atoms with Crippen molar-refractivity contribution >= 4 is 0 Å². The smallest absolute Gasteiger partial charge is 0.128 e. The maximum absolute atomic E-state index is 13.5. The molecule has 102 valence electrons. The van der Waals surface area contributed by atoms with Crippen LogP contribution in [0.1, 0.15) is 39.2 Å². The molecule has 0 saturated carbocycles. The molecule has 1 atom stereocenters. The number of hydrogen-bond acceptors (Lipinski definition) is 2. The predicted octanol–water partition coefficient (Wildman–Crippen LogP) is 3.51. The van der Waals surface area contributed by atoms with Crippen LogP contribution in [0.25, 0.3) is 0 Å². The summed E-state index contributed by atoms with van der Waals surface area (Å²) in [6, 6.07) is 6.77. The van der Waals surface area contributed by atoms with Crippen LogP contribution in [0.3, 0.4) is 0 Å². The average molecular weight is 253 g/mol. The summed E-state index contributed by atoms with van der Waals surface area (Å²) in [6.07, 6.45) is 2.01. The van der Waals surface area contributed by atoms with Crippen LogP contribution >= 0.6 is 0 Å². The van der Waals surface area contributed by atoms with Crippen LogP contribution in [0.2, 0.25) is 0 Å². The molecule has 0 aliphatic heterocycles. The van der Waals surface area contributed by atoms with Crippen molar-refractivity contribution in [3.8, 4) is 0 Å². The van der Waals surface area contributed by atoms with Gasteiger partial charge in [-0.25, -0.2) is 4.39 Å². The zero-order valence-corrected chi connectivity index (χ0v) is 11.6. The van der Waals surface area contributed by atoms with Crippen LogP contribution in [-0.4, -0.2) is 18.7 Å². The van der Waals surface area contributed by atoms with Gasteiger partial charge in [-0.2, -0.15) is 0 Å². The van der Waals surface area contributed by atoms with Crippen molar-refractivity contribution in [2.24, 2.45) is 0 Å². The minimum Gasteiger partial charge on any atom is -0.369 e. The highest BCUT2D eigenvalue weighted by Gasteiger charge is 2.22. The summed E-state index contributed by atoms with van der Waals surface area (Å²) in [7, 11) is 0. The Morgan fingerprint density at radius 2 is 2.00 bits per heavy atom. The Balaban J connectivity index is 2.50. The van der Waals surface area contributed by atoms with E-state index in [1.807, 2.05) is 6.07 Å². The molecule has 1 unspecified atom stereocenters. The zero-order valence-electron chi connectivity index (χ0n) is 11.6. The second-order valence-corrected chi connectivity index (χ2v) is 4.86. The number of benzene rings is 1. The maximum Gasteiger partial charge on any atom is 0.128 e. The van der Waals surface area contributed by atoms with Crippen LogP contribution < -0.4 is 5.32 Å². The molecule has 1 rings (SSSR count). The van der Waals surface area contributed by atoms with E-state index in [1.54, 1.807) is 12.1 Å². The number of ether oxygens (including phenoxy) is 1. The summed E-state index contributed by atoms with van der Waals surface area (Å²) >= 11 is 0. The minimum atomic E-state index is -0.239. The fourth-order valence-electron chi connectivity index (χ4n) is 1.68. The lowest BCUT2D eigenvalue weighted by atomic mass is 10.0. The topological polar surface area (TPSA) is 21.3 Å². The highest BCUT2D eigenvalue weighted by Crippen LogP contribution is 2.18. The van der Waals surface area contributed by atoms with E-state index in [0.717, 1.165) is 25.9 Å². The summed E-state index contributed by atoms with van der Waals surface area (Å²) in [5, 5.41) is 3.36. The standard InChI is InChI=1S/C15H24FNO/c1-4-10-17-12-15(3,5-2)18-11-13-8-6-7-9-14(13)16/h6-9,17H,4-5,10-12H2,1-3H3. The van der Waals surface area contributed by atoms with E-state index in [-0.39, 0.29) is 11.4 Å². The van der Waals surface area contributed by atoms with Crippen LogP contribution in [-0.2, 0) is 11.3 Å². The molecule has 0 saturated heterocycles. The summed E-state index contributed by atoms with van der Waals surface area (Å²) in [4.78, 5) is 0. The fraction of sp³-hybridized carbons (Fsp3) is 0.600. The molecule has 0 aromatic heterocycles. The van der Waals surface area contributed by atoms with E-state index in [0.29, 0.717) is 12.2 Å². The van der Waals surface area contributed by atoms with E-state index in [4.69, 9.17) is 4.74 Å². The first-order valence-electron chi connectivity index (χ1n) is 6.69. The quantitative estimate of drug-likeness (QED) is 0.716. The fourth-order valence-corrected chi connectivity index (χ4v) is 1.68. The van der Waals surface area contributed by atoms with Gasteiger partial charge in [0.15, 0.2) is 0 Å². The molecule has 0 aliphatic rings. The van der Waals surface area contributed by atoms with Gasteiger partial charge in [0.2, 0.25) is 0 Å². The molecule has 0 amide bonds. The van der Waals surface area contributed by atoms with Gasteiger partial charge in [-0.05, 0) is 32.4 Å². The molecule has 0 spiro atoms. The first kappa shape index (κ1) is 15.1. The molecule has 2 nitrogen and oxygen atoms in total. The maximum atomic E-state index is 13.5. The van der Waals surface area contributed by atoms with E-state index in [9.17, 15) is 4.39 Å². The third-order valence-corrected chi connectivity index (χ3v) is 3.21. The molecule has 0 heterocycles. The van der Waals surface area contributed by atoms with Crippen LogP contribution in [0, 0.1) is 5.82 Å². The molecular weight excluding hydrogens is 229 g/mol. The molecule has 0 bridgehead atoms. The lowest BCUT2D eigenvalue weighted by Gasteiger charge is -2.29. The van der Waals surface area contributed by atoms with Gasteiger partial charge in [0.05, 0.1) is 12.2 Å². The van der Waals surface area contributed by atoms with Crippen molar-refractivity contribution in [3.63, 3.8) is 0 Å². The highest BCUT2D eigenvalue weighted by molar-refractivity contribution is 5.16. The molecule has 18 heavy (non-hydrogen) atoms. The van der Waals surface area contributed by atoms with Gasteiger partial charge in [-0.15, -0.1) is 0 Å². The van der Waals surface area contributed by atoms with Crippen molar-refractivity contribution in [2.75, 3.05) is 13.1 Å². The molecule has 1 N–H and O–H groups in total. The lowest BCUT2D eigenvalue weighted by molar-refractivity contribution is -0.0451. The highest BCUT2D eigenvalue weighted by atomic mass is 19.1. The normalized spacial score (nSPS) is 14.4. The molecule has 1 aromatic carbocycles. The van der Waals surface area contributed by atoms with Crippen molar-refractivity contribution in [3.05, 3.63) is 35.6 Å². The second kappa shape index (κ2) is 7.49. The van der Waals surface area contributed by atoms with Gasteiger partial charge in [-0.1, -0.05) is 32.0 Å². The Bertz CT molecular complexity index is 356. The monoisotopic (exact) mass is 253 g/mol. The third-order valence-electron chi connectivity index (χ3n) is 3.21. The van der Waals surface area contributed by atoms with Gasteiger partial charge in [-0.3, -0.25) is 0 Å². The summed E-state index contributed by atoms with van der Waals surface area (Å²) in [5.74, 6) is -0.197. The Hall–Kier alpha value is -0.930. The van der Waals surface area contributed by atoms with Gasteiger partial charge in [0.1, 0.15) is 5.82 Å². The van der Waals surface area contributed by atoms with Gasteiger partial charge in [0.25, 0.3) is 0 Å². The Morgan fingerprint density at radius 1 is 1.28 bits per heavy atom. The largest absolute Gasteiger partial charge is 0.369 e. The van der Waals surface area contributed by atoms with Crippen molar-refractivity contribution < 1.29 is 9.13 Å². The van der Waals surface area contributed by atoms with Crippen molar-refractivity contribution in [2.45, 2.75) is 45.8 Å². The molecule has 3 heteroatoms. The predicted molar refractivity (Wildman–Crippen MR) is 73.0 cm³/mol. The first-order chi connectivity index (χ1) is 8.61. The average Bonchev–Trinajstić information content (AvgIpc) is 2.38. The molecule has 0 radical (unpaired) electrons. The first-order valence-corrected chi connectivity index (χ1v) is 6.69. The SMILES string of the molecule is CCCNCC(C)(CC)OCc1ccccc1F. The van der Waals surface area contributed by atoms with E-state index in [2.05, 4.69) is 26.1 Å². The molecule has 1 aromatic rings. The van der Waals surface area contributed by atoms with E-state index in [1.165, 1.54) is 6.07 Å². The van der Waals surface area contributed by atoms with Gasteiger partial charge in [0, 0.05) is 12.1 Å². The Labute approximate surface area is 110 Å². The van der Waals surface area contributed by atoms with Crippen LogP contribution in [0.15, 0.2) is 24.3 Å². The molecular formula is C15H24FNO. The number of rotatable bonds is 8. The molecule has 0 aliphatic carbocycles. The zero-order chi connectivity index (χ0) is 13.4. The van der Waals surface area contributed by atoms with E-state index < -0.39 is 0 Å². The van der Waals surface area contributed by atoms with Crippen LogP contribution in [0.4, 0.5) is 4.39 Å². The van der Waals surface area contributed by atoms with Gasteiger partial charge < -0.3 is 10.1 Å². The van der Waals surface area contributed by atoms with Crippen molar-refractivity contribution in [1.82, 2.24) is 5.32 Å². The summed E-state index contributed by atoms with van der Waals surface area (Å²) < 4.78 is 19.4. The van der Waals surface area contributed by atoms with Gasteiger partial charge >= 0.3 is 0 Å². The summed E-state index contributed by atoms with van der Waals surface area (Å²) in [5.41, 5.74) is 0.380. The van der Waals surface area contributed by atoms with Crippen LogP contribution in [0.5, 0.6) is 0 Å². The second-order valence-electron chi connectivity index (χ2n) is 4.86. The third kappa shape index (κ3) is 4.75. The molecule has 0 fully saturated rings. The Kier molecular flexibility index (Phi) is 6.30. The summed E-state index contributed by atoms with van der Waals surface area (Å²) in [6.45, 7) is 8.40. The van der Waals surface area contributed by atoms with Crippen molar-refractivity contribution in [1.29, 1.82) is 0 Å². The number of halogens is 1. The number of hydrogen-bond donors (Lipinski definition) is 1.